The van der Waals surface area contributed by atoms with Crippen LogP contribution in [-0.2, 0) is 28.8 Å². The molecule has 0 bridgehead atoms. The molecule has 2 atom stereocenters. The smallest absolute Gasteiger partial charge is 0.328 e. The Morgan fingerprint density at radius 2 is 1.29 bits per heavy atom. The third-order valence-electron chi connectivity index (χ3n) is 5.11. The zero-order valence-electron chi connectivity index (χ0n) is 21.8. The number of nitrogens with one attached hydrogen (secondary N) is 1. The summed E-state index contributed by atoms with van der Waals surface area (Å²) in [7, 11) is 7.72. The van der Waals surface area contributed by atoms with Gasteiger partial charge in [-0.25, -0.2) is 14.4 Å². The monoisotopic (exact) mass is 542 g/mol. The van der Waals surface area contributed by atoms with E-state index in [0.717, 1.165) is 49.1 Å². The first-order valence-corrected chi connectivity index (χ1v) is 11.8. The molecule has 1 rings (SSSR count). The lowest BCUT2D eigenvalue weighted by atomic mass is 10.1. The van der Waals surface area contributed by atoms with Gasteiger partial charge in [0.05, 0.1) is 0 Å². The van der Waals surface area contributed by atoms with Gasteiger partial charge in [0.15, 0.2) is 0 Å². The van der Waals surface area contributed by atoms with Gasteiger partial charge in [-0.3, -0.25) is 19.3 Å². The Kier molecular flexibility index (Phi) is 18.8. The Balaban J connectivity index is 0. The predicted molar refractivity (Wildman–Crippen MR) is 140 cm³/mol. The molecule has 0 fully saturated rings. The average Bonchev–Trinajstić information content (AvgIpc) is 3.12. The van der Waals surface area contributed by atoms with Gasteiger partial charge in [-0.15, -0.1) is 0 Å². The standard InChI is InChI=1S/C12H20N2O5.C12H18N2O4.CH4/c1-14(2)8-4-3-5-9(12(18)19)13-10(15)6-7-11(16)17;1-13(2)8-4-3-5-9(12(17)18)14-10(15)6-7-11(14)16;/h6-7,9H,3-5,8H2,1-2H3,(H,13,15)(H,16,17)(H,18,19);6-7,9H,3-5,8H2,1-2H3,(H,17,18);1H4/b7-6-;;/t2*9-;/m00./s1. The molecular formula is C25H42N4O9. The molecule has 3 amide bonds. The summed E-state index contributed by atoms with van der Waals surface area (Å²) in [6.07, 6.45) is 7.29. The lowest BCUT2D eigenvalue weighted by Crippen LogP contribution is -2.45. The van der Waals surface area contributed by atoms with Gasteiger partial charge < -0.3 is 30.4 Å². The Morgan fingerprint density at radius 3 is 1.68 bits per heavy atom. The highest BCUT2D eigenvalue weighted by Gasteiger charge is 2.35. The number of hydrogen-bond acceptors (Lipinski definition) is 8. The molecule has 13 nitrogen and oxygen atoms in total. The molecule has 1 aliphatic rings. The first-order valence-electron chi connectivity index (χ1n) is 11.8. The van der Waals surface area contributed by atoms with E-state index in [4.69, 9.17) is 15.3 Å². The second-order valence-electron chi connectivity index (χ2n) is 8.90. The average molecular weight is 543 g/mol. The number of carboxylic acid groups (broad SMARTS) is 3. The van der Waals surface area contributed by atoms with E-state index in [1.165, 1.54) is 0 Å². The van der Waals surface area contributed by atoms with Gasteiger partial charge in [0.2, 0.25) is 5.91 Å². The van der Waals surface area contributed by atoms with E-state index in [-0.39, 0.29) is 7.43 Å². The van der Waals surface area contributed by atoms with Crippen LogP contribution in [0.3, 0.4) is 0 Å². The van der Waals surface area contributed by atoms with Crippen LogP contribution in [-0.4, -0.2) is 119 Å². The molecule has 0 saturated heterocycles. The third-order valence-corrected chi connectivity index (χ3v) is 5.11. The molecule has 0 unspecified atom stereocenters. The van der Waals surface area contributed by atoms with E-state index in [1.807, 2.05) is 38.0 Å². The van der Waals surface area contributed by atoms with Crippen molar-refractivity contribution in [3.05, 3.63) is 24.3 Å². The maximum Gasteiger partial charge on any atom is 0.328 e. The highest BCUT2D eigenvalue weighted by atomic mass is 16.4. The molecule has 4 N–H and O–H groups in total. The van der Waals surface area contributed by atoms with Crippen molar-refractivity contribution in [3.8, 4) is 0 Å². The quantitative estimate of drug-likeness (QED) is 0.122. The maximum absolute atomic E-state index is 11.4. The molecule has 38 heavy (non-hydrogen) atoms. The first-order chi connectivity index (χ1) is 17.3. The summed E-state index contributed by atoms with van der Waals surface area (Å²) < 4.78 is 0. The van der Waals surface area contributed by atoms with E-state index in [9.17, 15) is 28.8 Å². The SMILES string of the molecule is C.CN(C)CCCC[C@@H](C(=O)O)N1C(=O)C=CC1=O.CN(C)CCCC[C@H](NC(=O)/C=C\C(=O)O)C(=O)O. The number of unbranched alkanes of at least 4 members (excludes halogenated alkanes) is 2. The van der Waals surface area contributed by atoms with Crippen LogP contribution in [0.5, 0.6) is 0 Å². The normalized spacial score (nSPS) is 14.2. The second kappa shape index (κ2) is 19.5. The zero-order valence-corrected chi connectivity index (χ0v) is 21.8. The van der Waals surface area contributed by atoms with Crippen LogP contribution in [0, 0.1) is 0 Å². The van der Waals surface area contributed by atoms with E-state index in [2.05, 4.69) is 5.32 Å². The highest BCUT2D eigenvalue weighted by Crippen LogP contribution is 2.15. The summed E-state index contributed by atoms with van der Waals surface area (Å²) in [6, 6.07) is -2.05. The first kappa shape index (κ1) is 36.6. The molecule has 1 aliphatic heterocycles. The molecule has 0 spiro atoms. The van der Waals surface area contributed by atoms with Crippen LogP contribution in [0.25, 0.3) is 0 Å². The van der Waals surface area contributed by atoms with Gasteiger partial charge in [0.1, 0.15) is 12.1 Å². The van der Waals surface area contributed by atoms with Crippen LogP contribution in [0.2, 0.25) is 0 Å². The minimum absolute atomic E-state index is 0. The van der Waals surface area contributed by atoms with Crippen LogP contribution in [0.1, 0.15) is 46.0 Å². The fraction of sp³-hybridized carbons (Fsp3) is 0.600. The number of amides is 3. The topological polar surface area (TPSA) is 185 Å². The van der Waals surface area contributed by atoms with Crippen molar-refractivity contribution in [2.75, 3.05) is 41.3 Å². The number of carboxylic acids is 3. The maximum atomic E-state index is 11.4. The van der Waals surface area contributed by atoms with Crippen molar-refractivity contribution in [2.45, 2.75) is 58.0 Å². The van der Waals surface area contributed by atoms with Gasteiger partial charge in [0, 0.05) is 24.3 Å². The largest absolute Gasteiger partial charge is 0.480 e. The summed E-state index contributed by atoms with van der Waals surface area (Å²) >= 11 is 0. The summed E-state index contributed by atoms with van der Waals surface area (Å²) in [5, 5.41) is 28.6. The molecule has 0 aliphatic carbocycles. The number of aliphatic carboxylic acids is 3. The molecule has 0 saturated carbocycles. The van der Waals surface area contributed by atoms with Crippen molar-refractivity contribution >= 4 is 35.6 Å². The number of rotatable bonds is 16. The van der Waals surface area contributed by atoms with Gasteiger partial charge in [0.25, 0.3) is 11.8 Å². The molecular weight excluding hydrogens is 500 g/mol. The minimum Gasteiger partial charge on any atom is -0.480 e. The molecule has 0 aromatic rings. The summed E-state index contributed by atoms with van der Waals surface area (Å²) in [6.45, 7) is 1.70. The van der Waals surface area contributed by atoms with Crippen molar-refractivity contribution < 1.29 is 44.1 Å². The van der Waals surface area contributed by atoms with Gasteiger partial charge in [-0.05, 0) is 79.8 Å². The van der Waals surface area contributed by atoms with Crippen molar-refractivity contribution in [3.63, 3.8) is 0 Å². The molecule has 216 valence electrons. The van der Waals surface area contributed by atoms with Crippen molar-refractivity contribution in [2.24, 2.45) is 0 Å². The number of imide groups is 1. The second-order valence-corrected chi connectivity index (χ2v) is 8.90. The number of carbonyl (C=O) groups is 6. The van der Waals surface area contributed by atoms with Crippen LogP contribution in [0.15, 0.2) is 24.3 Å². The molecule has 13 heteroatoms. The van der Waals surface area contributed by atoms with Crippen molar-refractivity contribution in [1.29, 1.82) is 0 Å². The Morgan fingerprint density at radius 1 is 0.816 bits per heavy atom. The Bertz CT molecular complexity index is 851. The third kappa shape index (κ3) is 16.2. The number of hydrogen-bond donors (Lipinski definition) is 4. The highest BCUT2D eigenvalue weighted by molar-refractivity contribution is 6.14. The lowest BCUT2D eigenvalue weighted by Gasteiger charge is -2.22. The summed E-state index contributed by atoms with van der Waals surface area (Å²) in [5.74, 6) is -5.32. The fourth-order valence-corrected chi connectivity index (χ4v) is 3.25. The fourth-order valence-electron chi connectivity index (χ4n) is 3.25. The molecule has 0 radical (unpaired) electrons. The lowest BCUT2D eigenvalue weighted by molar-refractivity contribution is -0.153. The van der Waals surface area contributed by atoms with Gasteiger partial charge in [-0.1, -0.05) is 7.43 Å². The summed E-state index contributed by atoms with van der Waals surface area (Å²) in [5.41, 5.74) is 0. The molecule has 1 heterocycles. The van der Waals surface area contributed by atoms with E-state index in [0.29, 0.717) is 31.8 Å². The minimum atomic E-state index is -1.26. The van der Waals surface area contributed by atoms with Crippen molar-refractivity contribution in [1.82, 2.24) is 20.0 Å². The van der Waals surface area contributed by atoms with E-state index in [1.54, 1.807) is 0 Å². The Labute approximate surface area is 223 Å². The van der Waals surface area contributed by atoms with Crippen LogP contribution < -0.4 is 5.32 Å². The van der Waals surface area contributed by atoms with Crippen LogP contribution in [0.4, 0.5) is 0 Å². The number of carbonyl (C=O) groups excluding carboxylic acids is 3. The number of nitrogens with zero attached hydrogens (tertiary/aromatic N) is 3. The Hall–Kier alpha value is -3.58. The molecule has 0 aromatic carbocycles. The predicted octanol–water partition coefficient (Wildman–Crippen LogP) is 0.661. The van der Waals surface area contributed by atoms with Gasteiger partial charge in [-0.2, -0.15) is 0 Å². The van der Waals surface area contributed by atoms with E-state index >= 15 is 0 Å². The zero-order chi connectivity index (χ0) is 28.5. The van der Waals surface area contributed by atoms with Gasteiger partial charge >= 0.3 is 17.9 Å². The van der Waals surface area contributed by atoms with Crippen LogP contribution >= 0.6 is 0 Å². The molecule has 0 aromatic heterocycles. The summed E-state index contributed by atoms with van der Waals surface area (Å²) in [4.78, 5) is 71.2. The van der Waals surface area contributed by atoms with E-state index < -0.39 is 47.7 Å².